The maximum atomic E-state index is 3.40. The fourth-order valence-electron chi connectivity index (χ4n) is 0.940. The standard InChI is InChI=1S/C9H11Br.C2H6/c1-2-3-8-4-6-9(10)7-5-8;1-2/h4-7H,2-3H2,1H3;1-2H3. The number of halogens is 1. The van der Waals surface area contributed by atoms with Gasteiger partial charge in [-0.3, -0.25) is 0 Å². The molecule has 1 aromatic rings. The van der Waals surface area contributed by atoms with Crippen molar-refractivity contribution >= 4 is 15.9 Å². The molecule has 0 unspecified atom stereocenters. The van der Waals surface area contributed by atoms with Crippen molar-refractivity contribution in [2.75, 3.05) is 0 Å². The van der Waals surface area contributed by atoms with Crippen LogP contribution in [0.3, 0.4) is 0 Å². The van der Waals surface area contributed by atoms with Crippen LogP contribution in [0.4, 0.5) is 0 Å². The minimum absolute atomic E-state index is 1.16. The highest BCUT2D eigenvalue weighted by atomic mass is 79.9. The van der Waals surface area contributed by atoms with Gasteiger partial charge in [-0.1, -0.05) is 55.3 Å². The van der Waals surface area contributed by atoms with Crippen molar-refractivity contribution in [2.45, 2.75) is 33.6 Å². The number of benzene rings is 1. The molecular weight excluding hydrogens is 212 g/mol. The van der Waals surface area contributed by atoms with E-state index in [9.17, 15) is 0 Å². The lowest BCUT2D eigenvalue weighted by molar-refractivity contribution is 0.921. The molecule has 0 nitrogen and oxygen atoms in total. The van der Waals surface area contributed by atoms with Crippen LogP contribution in [0.2, 0.25) is 0 Å². The van der Waals surface area contributed by atoms with Gasteiger partial charge in [-0.2, -0.15) is 0 Å². The Bertz CT molecular complexity index is 189. The normalized spacial score (nSPS) is 8.67. The fraction of sp³-hybridized carbons (Fsp3) is 0.455. The van der Waals surface area contributed by atoms with Gasteiger partial charge in [-0.25, -0.2) is 0 Å². The molecular formula is C11H17Br. The highest BCUT2D eigenvalue weighted by Gasteiger charge is 1.88. The summed E-state index contributed by atoms with van der Waals surface area (Å²) >= 11 is 3.40. The first kappa shape index (κ1) is 11.7. The first-order chi connectivity index (χ1) is 5.83. The third kappa shape index (κ3) is 4.55. The van der Waals surface area contributed by atoms with E-state index in [1.165, 1.54) is 18.4 Å². The van der Waals surface area contributed by atoms with Crippen molar-refractivity contribution in [3.8, 4) is 0 Å². The van der Waals surface area contributed by atoms with Crippen LogP contribution < -0.4 is 0 Å². The summed E-state index contributed by atoms with van der Waals surface area (Å²) in [7, 11) is 0. The molecule has 0 saturated carbocycles. The van der Waals surface area contributed by atoms with Crippen LogP contribution in [0.15, 0.2) is 28.7 Å². The summed E-state index contributed by atoms with van der Waals surface area (Å²) in [6.07, 6.45) is 2.41. The van der Waals surface area contributed by atoms with E-state index in [0.29, 0.717) is 0 Å². The van der Waals surface area contributed by atoms with E-state index in [-0.39, 0.29) is 0 Å². The Morgan fingerprint density at radius 1 is 1.08 bits per heavy atom. The van der Waals surface area contributed by atoms with Crippen molar-refractivity contribution in [3.63, 3.8) is 0 Å². The second kappa shape index (κ2) is 7.35. The highest BCUT2D eigenvalue weighted by Crippen LogP contribution is 2.11. The third-order valence-corrected chi connectivity index (χ3v) is 1.98. The maximum Gasteiger partial charge on any atom is 0.0175 e. The average Bonchev–Trinajstić information content (AvgIpc) is 2.13. The van der Waals surface area contributed by atoms with Crippen LogP contribution in [0.5, 0.6) is 0 Å². The summed E-state index contributed by atoms with van der Waals surface area (Å²) in [5.41, 5.74) is 1.42. The largest absolute Gasteiger partial charge is 0.0683 e. The Hall–Kier alpha value is -0.300. The minimum Gasteiger partial charge on any atom is -0.0683 e. The predicted molar refractivity (Wildman–Crippen MR) is 59.5 cm³/mol. The van der Waals surface area contributed by atoms with Gasteiger partial charge in [-0.15, -0.1) is 0 Å². The number of aryl methyl sites for hydroxylation is 1. The maximum absolute atomic E-state index is 3.40. The first-order valence-corrected chi connectivity index (χ1v) is 5.36. The molecule has 1 heteroatoms. The Morgan fingerprint density at radius 2 is 1.58 bits per heavy atom. The minimum atomic E-state index is 1.16. The van der Waals surface area contributed by atoms with Crippen molar-refractivity contribution in [2.24, 2.45) is 0 Å². The zero-order valence-corrected chi connectivity index (χ0v) is 9.69. The molecule has 68 valence electrons. The molecule has 0 heterocycles. The van der Waals surface area contributed by atoms with Gasteiger partial charge in [0, 0.05) is 4.47 Å². The van der Waals surface area contributed by atoms with Gasteiger partial charge in [0.1, 0.15) is 0 Å². The van der Waals surface area contributed by atoms with E-state index >= 15 is 0 Å². The molecule has 0 spiro atoms. The van der Waals surface area contributed by atoms with Crippen LogP contribution in [0, 0.1) is 0 Å². The van der Waals surface area contributed by atoms with Gasteiger partial charge in [0.2, 0.25) is 0 Å². The number of rotatable bonds is 2. The van der Waals surface area contributed by atoms with Gasteiger partial charge in [0.15, 0.2) is 0 Å². The van der Waals surface area contributed by atoms with E-state index in [2.05, 4.69) is 47.1 Å². The Balaban J connectivity index is 0.000000561. The molecule has 0 radical (unpaired) electrons. The monoisotopic (exact) mass is 228 g/mol. The second-order valence-electron chi connectivity index (χ2n) is 2.38. The summed E-state index contributed by atoms with van der Waals surface area (Å²) in [6, 6.07) is 8.50. The molecule has 0 aliphatic rings. The molecule has 0 amide bonds. The third-order valence-electron chi connectivity index (χ3n) is 1.45. The number of hydrogen-bond donors (Lipinski definition) is 0. The van der Waals surface area contributed by atoms with Crippen molar-refractivity contribution < 1.29 is 0 Å². The average molecular weight is 229 g/mol. The molecule has 12 heavy (non-hydrogen) atoms. The van der Waals surface area contributed by atoms with Crippen LogP contribution >= 0.6 is 15.9 Å². The molecule has 0 atom stereocenters. The molecule has 0 aromatic heterocycles. The van der Waals surface area contributed by atoms with E-state index in [4.69, 9.17) is 0 Å². The molecule has 0 aliphatic carbocycles. The molecule has 0 N–H and O–H groups in total. The summed E-state index contributed by atoms with van der Waals surface area (Å²) < 4.78 is 1.16. The van der Waals surface area contributed by atoms with Gasteiger partial charge >= 0.3 is 0 Å². The predicted octanol–water partition coefficient (Wildman–Crippen LogP) is 4.43. The van der Waals surface area contributed by atoms with Gasteiger partial charge < -0.3 is 0 Å². The molecule has 1 rings (SSSR count). The Morgan fingerprint density at radius 3 is 2.00 bits per heavy atom. The molecule has 1 aromatic carbocycles. The molecule has 0 bridgehead atoms. The van der Waals surface area contributed by atoms with Crippen LogP contribution in [-0.4, -0.2) is 0 Å². The summed E-state index contributed by atoms with van der Waals surface area (Å²) in [4.78, 5) is 0. The van der Waals surface area contributed by atoms with E-state index < -0.39 is 0 Å². The van der Waals surface area contributed by atoms with E-state index in [0.717, 1.165) is 4.47 Å². The summed E-state index contributed by atoms with van der Waals surface area (Å²) in [5.74, 6) is 0. The molecule has 0 saturated heterocycles. The SMILES string of the molecule is CC.CCCc1ccc(Br)cc1. The topological polar surface area (TPSA) is 0 Å². The van der Waals surface area contributed by atoms with E-state index in [1.807, 2.05) is 13.8 Å². The lowest BCUT2D eigenvalue weighted by atomic mass is 10.1. The Kier molecular flexibility index (Phi) is 7.17. The van der Waals surface area contributed by atoms with Crippen LogP contribution in [0.1, 0.15) is 32.8 Å². The van der Waals surface area contributed by atoms with Gasteiger partial charge in [0.25, 0.3) is 0 Å². The lowest BCUT2D eigenvalue weighted by Gasteiger charge is -1.96. The summed E-state index contributed by atoms with van der Waals surface area (Å²) in [5, 5.41) is 0. The van der Waals surface area contributed by atoms with Crippen molar-refractivity contribution in [1.29, 1.82) is 0 Å². The quantitative estimate of drug-likeness (QED) is 0.703. The summed E-state index contributed by atoms with van der Waals surface area (Å²) in [6.45, 7) is 6.20. The van der Waals surface area contributed by atoms with Gasteiger partial charge in [-0.05, 0) is 24.1 Å². The highest BCUT2D eigenvalue weighted by molar-refractivity contribution is 9.10. The van der Waals surface area contributed by atoms with Crippen molar-refractivity contribution in [3.05, 3.63) is 34.3 Å². The first-order valence-electron chi connectivity index (χ1n) is 4.57. The molecule has 0 aliphatic heterocycles. The lowest BCUT2D eigenvalue weighted by Crippen LogP contribution is -1.80. The second-order valence-corrected chi connectivity index (χ2v) is 3.29. The zero-order valence-electron chi connectivity index (χ0n) is 8.10. The van der Waals surface area contributed by atoms with Gasteiger partial charge in [0.05, 0.1) is 0 Å². The van der Waals surface area contributed by atoms with Crippen LogP contribution in [-0.2, 0) is 6.42 Å². The number of hydrogen-bond acceptors (Lipinski definition) is 0. The smallest absolute Gasteiger partial charge is 0.0175 e. The zero-order chi connectivity index (χ0) is 9.40. The molecule has 0 fully saturated rings. The fourth-order valence-corrected chi connectivity index (χ4v) is 1.20. The van der Waals surface area contributed by atoms with Crippen molar-refractivity contribution in [1.82, 2.24) is 0 Å². The van der Waals surface area contributed by atoms with Crippen LogP contribution in [0.25, 0.3) is 0 Å². The Labute approximate surface area is 84.1 Å². The van der Waals surface area contributed by atoms with E-state index in [1.54, 1.807) is 0 Å².